The summed E-state index contributed by atoms with van der Waals surface area (Å²) >= 11 is 0. The molecule has 0 saturated heterocycles. The van der Waals surface area contributed by atoms with Crippen molar-refractivity contribution in [3.63, 3.8) is 0 Å². The normalized spacial score (nSPS) is 11.0. The summed E-state index contributed by atoms with van der Waals surface area (Å²) in [6.45, 7) is 4.39. The molecule has 106 valence electrons. The molecule has 21 heavy (non-hydrogen) atoms. The van der Waals surface area contributed by atoms with E-state index < -0.39 is 0 Å². The summed E-state index contributed by atoms with van der Waals surface area (Å²) in [7, 11) is 0. The maximum Gasteiger partial charge on any atom is 0.0957 e. The van der Waals surface area contributed by atoms with Gasteiger partial charge in [0.15, 0.2) is 0 Å². The van der Waals surface area contributed by atoms with Crippen LogP contribution in [0.25, 0.3) is 10.9 Å². The Morgan fingerprint density at radius 3 is 2.48 bits per heavy atom. The van der Waals surface area contributed by atoms with Crippen molar-refractivity contribution in [2.24, 2.45) is 0 Å². The third kappa shape index (κ3) is 2.68. The Kier molecular flexibility index (Phi) is 3.48. The van der Waals surface area contributed by atoms with E-state index in [2.05, 4.69) is 48.4 Å². The fourth-order valence-corrected chi connectivity index (χ4v) is 2.40. The monoisotopic (exact) mass is 277 g/mol. The number of benzene rings is 2. The first-order chi connectivity index (χ1) is 10.1. The van der Waals surface area contributed by atoms with Crippen LogP contribution in [0, 0.1) is 0 Å². The van der Waals surface area contributed by atoms with Gasteiger partial charge >= 0.3 is 0 Å². The van der Waals surface area contributed by atoms with E-state index in [1.165, 1.54) is 5.56 Å². The molecule has 3 N–H and O–H groups in total. The molecule has 3 heteroatoms. The van der Waals surface area contributed by atoms with Gasteiger partial charge in [0, 0.05) is 23.0 Å². The lowest BCUT2D eigenvalue weighted by atomic mass is 10.0. The molecule has 0 fully saturated rings. The predicted octanol–water partition coefficient (Wildman–Crippen LogP) is 4.68. The van der Waals surface area contributed by atoms with Gasteiger partial charge < -0.3 is 11.1 Å². The van der Waals surface area contributed by atoms with Crippen LogP contribution in [-0.4, -0.2) is 4.98 Å². The number of anilines is 3. The highest BCUT2D eigenvalue weighted by Crippen LogP contribution is 2.29. The second-order valence-electron chi connectivity index (χ2n) is 5.50. The Labute approximate surface area is 124 Å². The lowest BCUT2D eigenvalue weighted by molar-refractivity contribution is 0.867. The van der Waals surface area contributed by atoms with Gasteiger partial charge in [-0.05, 0) is 47.9 Å². The van der Waals surface area contributed by atoms with Gasteiger partial charge in [0.2, 0.25) is 0 Å². The molecule has 3 rings (SSSR count). The molecule has 1 heterocycles. The summed E-state index contributed by atoms with van der Waals surface area (Å²) in [6.07, 6.45) is 1.79. The summed E-state index contributed by atoms with van der Waals surface area (Å²) < 4.78 is 0. The van der Waals surface area contributed by atoms with Gasteiger partial charge in [-0.3, -0.25) is 4.98 Å². The summed E-state index contributed by atoms with van der Waals surface area (Å²) in [6, 6.07) is 16.3. The van der Waals surface area contributed by atoms with Crippen LogP contribution in [0.3, 0.4) is 0 Å². The standard InChI is InChI=1S/C18H19N3/c1-12(2)13-5-7-14(8-6-13)21-17-10-9-16(19)15-4-3-11-20-18(15)17/h3-12,21H,19H2,1-2H3. The molecule has 0 spiro atoms. The van der Waals surface area contributed by atoms with E-state index in [4.69, 9.17) is 5.73 Å². The van der Waals surface area contributed by atoms with Crippen LogP contribution in [0.5, 0.6) is 0 Å². The van der Waals surface area contributed by atoms with E-state index in [0.717, 1.165) is 28.0 Å². The SMILES string of the molecule is CC(C)c1ccc(Nc2ccc(N)c3cccnc23)cc1. The first-order valence-corrected chi connectivity index (χ1v) is 7.15. The summed E-state index contributed by atoms with van der Waals surface area (Å²) in [5, 5.41) is 4.40. The van der Waals surface area contributed by atoms with Crippen LogP contribution in [0.4, 0.5) is 17.1 Å². The number of aromatic nitrogens is 1. The molecule has 3 nitrogen and oxygen atoms in total. The van der Waals surface area contributed by atoms with Crippen molar-refractivity contribution in [3.05, 3.63) is 60.3 Å². The van der Waals surface area contributed by atoms with E-state index in [-0.39, 0.29) is 0 Å². The zero-order valence-corrected chi connectivity index (χ0v) is 12.3. The van der Waals surface area contributed by atoms with E-state index in [1.54, 1.807) is 6.20 Å². The van der Waals surface area contributed by atoms with Crippen molar-refractivity contribution in [3.8, 4) is 0 Å². The second kappa shape index (κ2) is 5.44. The lowest BCUT2D eigenvalue weighted by Gasteiger charge is -2.12. The molecule has 0 saturated carbocycles. The Bertz CT molecular complexity index is 761. The molecule has 0 aliphatic rings. The highest BCUT2D eigenvalue weighted by Gasteiger charge is 2.05. The Balaban J connectivity index is 1.96. The van der Waals surface area contributed by atoms with Gasteiger partial charge in [-0.15, -0.1) is 0 Å². The van der Waals surface area contributed by atoms with E-state index in [1.807, 2.05) is 24.3 Å². The summed E-state index contributed by atoms with van der Waals surface area (Å²) in [5.41, 5.74) is 11.0. The number of rotatable bonds is 3. The fraction of sp³-hybridized carbons (Fsp3) is 0.167. The van der Waals surface area contributed by atoms with Crippen molar-refractivity contribution < 1.29 is 0 Å². The van der Waals surface area contributed by atoms with Crippen LogP contribution in [0.15, 0.2) is 54.7 Å². The van der Waals surface area contributed by atoms with Crippen molar-refractivity contribution in [1.82, 2.24) is 4.98 Å². The molecule has 0 atom stereocenters. The molecular formula is C18H19N3. The molecule has 1 aromatic heterocycles. The topological polar surface area (TPSA) is 50.9 Å². The number of hydrogen-bond acceptors (Lipinski definition) is 3. The first-order valence-electron chi connectivity index (χ1n) is 7.15. The third-order valence-electron chi connectivity index (χ3n) is 3.66. The van der Waals surface area contributed by atoms with Gasteiger partial charge in [0.25, 0.3) is 0 Å². The smallest absolute Gasteiger partial charge is 0.0957 e. The second-order valence-corrected chi connectivity index (χ2v) is 5.50. The third-order valence-corrected chi connectivity index (χ3v) is 3.66. The maximum atomic E-state index is 6.00. The van der Waals surface area contributed by atoms with Crippen LogP contribution < -0.4 is 11.1 Å². The van der Waals surface area contributed by atoms with Gasteiger partial charge in [-0.1, -0.05) is 26.0 Å². The number of hydrogen-bond donors (Lipinski definition) is 2. The average Bonchev–Trinajstić information content (AvgIpc) is 2.51. The molecule has 0 amide bonds. The van der Waals surface area contributed by atoms with Gasteiger partial charge in [-0.2, -0.15) is 0 Å². The maximum absolute atomic E-state index is 6.00. The fourth-order valence-electron chi connectivity index (χ4n) is 2.40. The van der Waals surface area contributed by atoms with E-state index in [0.29, 0.717) is 5.92 Å². The van der Waals surface area contributed by atoms with Crippen LogP contribution in [-0.2, 0) is 0 Å². The zero-order valence-electron chi connectivity index (χ0n) is 12.3. The summed E-state index contributed by atoms with van der Waals surface area (Å²) in [5.74, 6) is 0.540. The minimum atomic E-state index is 0.540. The van der Waals surface area contributed by atoms with E-state index in [9.17, 15) is 0 Å². The highest BCUT2D eigenvalue weighted by molar-refractivity contribution is 5.99. The summed E-state index contributed by atoms with van der Waals surface area (Å²) in [4.78, 5) is 4.44. The van der Waals surface area contributed by atoms with Crippen LogP contribution in [0.1, 0.15) is 25.3 Å². The van der Waals surface area contributed by atoms with Gasteiger partial charge in [0.05, 0.1) is 11.2 Å². The minimum absolute atomic E-state index is 0.540. The molecule has 0 bridgehead atoms. The molecule has 3 aromatic rings. The molecular weight excluding hydrogens is 258 g/mol. The Morgan fingerprint density at radius 2 is 1.76 bits per heavy atom. The Morgan fingerprint density at radius 1 is 1.00 bits per heavy atom. The van der Waals surface area contributed by atoms with E-state index >= 15 is 0 Å². The number of nitrogens with two attached hydrogens (primary N) is 1. The zero-order chi connectivity index (χ0) is 14.8. The minimum Gasteiger partial charge on any atom is -0.398 e. The number of nitrogens with one attached hydrogen (secondary N) is 1. The highest BCUT2D eigenvalue weighted by atomic mass is 14.9. The van der Waals surface area contributed by atoms with Crippen molar-refractivity contribution >= 4 is 28.0 Å². The van der Waals surface area contributed by atoms with Gasteiger partial charge in [-0.25, -0.2) is 0 Å². The molecule has 0 aliphatic heterocycles. The van der Waals surface area contributed by atoms with Crippen LogP contribution in [0.2, 0.25) is 0 Å². The van der Waals surface area contributed by atoms with Crippen molar-refractivity contribution in [2.45, 2.75) is 19.8 Å². The predicted molar refractivity (Wildman–Crippen MR) is 90.0 cm³/mol. The number of nitrogens with zero attached hydrogens (tertiary/aromatic N) is 1. The molecule has 0 aliphatic carbocycles. The van der Waals surface area contributed by atoms with Crippen LogP contribution >= 0.6 is 0 Å². The average molecular weight is 277 g/mol. The van der Waals surface area contributed by atoms with Crippen molar-refractivity contribution in [1.29, 1.82) is 0 Å². The molecule has 0 radical (unpaired) electrons. The number of fused-ring (bicyclic) bond motifs is 1. The van der Waals surface area contributed by atoms with Gasteiger partial charge in [0.1, 0.15) is 0 Å². The molecule has 0 unspecified atom stereocenters. The van der Waals surface area contributed by atoms with Crippen molar-refractivity contribution in [2.75, 3.05) is 11.1 Å². The number of pyridine rings is 1. The molecule has 2 aromatic carbocycles. The lowest BCUT2D eigenvalue weighted by Crippen LogP contribution is -1.96. The largest absolute Gasteiger partial charge is 0.398 e. The Hall–Kier alpha value is -2.55. The quantitative estimate of drug-likeness (QED) is 0.683. The number of nitrogen functional groups attached to an aromatic ring is 1. The first kappa shape index (κ1) is 13.4.